The first-order chi connectivity index (χ1) is 18.2. The average molecular weight is 558 g/mol. The molecule has 2 heterocycles. The van der Waals surface area contributed by atoms with Gasteiger partial charge in [-0.25, -0.2) is 14.6 Å². The number of halogens is 1. The molecule has 1 aromatic heterocycles. The van der Waals surface area contributed by atoms with Gasteiger partial charge in [0, 0.05) is 11.9 Å². The first kappa shape index (κ1) is 27.0. The Morgan fingerprint density at radius 2 is 1.92 bits per heavy atom. The van der Waals surface area contributed by atoms with Gasteiger partial charge >= 0.3 is 11.9 Å². The van der Waals surface area contributed by atoms with Gasteiger partial charge in [0.1, 0.15) is 4.53 Å². The van der Waals surface area contributed by atoms with E-state index >= 15 is 0 Å². The summed E-state index contributed by atoms with van der Waals surface area (Å²) in [6, 6.07) is 8.74. The first-order valence-electron chi connectivity index (χ1n) is 11.4. The van der Waals surface area contributed by atoms with E-state index in [1.54, 1.807) is 38.1 Å². The van der Waals surface area contributed by atoms with E-state index in [4.69, 9.17) is 25.8 Å². The first-order valence-corrected chi connectivity index (χ1v) is 12.6. The largest absolute Gasteiger partial charge is 0.493 e. The fraction of sp³-hybridized carbons (Fsp3) is 0.231. The Labute approximate surface area is 226 Å². The van der Waals surface area contributed by atoms with Crippen LogP contribution < -0.4 is 29.7 Å². The van der Waals surface area contributed by atoms with Crippen LogP contribution in [-0.2, 0) is 9.53 Å². The Balaban J connectivity index is 1.87. The predicted molar refractivity (Wildman–Crippen MR) is 143 cm³/mol. The van der Waals surface area contributed by atoms with Crippen LogP contribution in [-0.4, -0.2) is 42.4 Å². The quantitative estimate of drug-likeness (QED) is 0.404. The molecule has 38 heavy (non-hydrogen) atoms. The number of nitrogens with zero attached hydrogens (tertiary/aromatic N) is 2. The maximum absolute atomic E-state index is 13.7. The number of nitrogens with one attached hydrogen (secondary N) is 1. The van der Waals surface area contributed by atoms with Gasteiger partial charge in [-0.1, -0.05) is 29.0 Å². The van der Waals surface area contributed by atoms with E-state index in [9.17, 15) is 19.5 Å². The van der Waals surface area contributed by atoms with Gasteiger partial charge in [0.25, 0.3) is 5.56 Å². The maximum atomic E-state index is 13.7. The molecule has 4 rings (SSSR count). The number of carbonyl (C=O) groups excluding carboxylic acids is 1. The lowest BCUT2D eigenvalue weighted by atomic mass is 9.95. The number of aromatic carboxylic acids is 1. The van der Waals surface area contributed by atoms with E-state index < -0.39 is 23.5 Å². The number of allylic oxidation sites excluding steroid dienone is 1. The third kappa shape index (κ3) is 5.02. The summed E-state index contributed by atoms with van der Waals surface area (Å²) in [7, 11) is 3.01. The Hall–Kier alpha value is -4.09. The summed E-state index contributed by atoms with van der Waals surface area (Å²) in [6.45, 7) is 3.55. The fourth-order valence-corrected chi connectivity index (χ4v) is 5.23. The number of rotatable bonds is 8. The number of hydrogen-bond donors (Lipinski definition) is 2. The molecule has 0 saturated carbocycles. The number of carboxylic acid groups (broad SMARTS) is 1. The van der Waals surface area contributed by atoms with E-state index in [-0.39, 0.29) is 22.8 Å². The van der Waals surface area contributed by atoms with E-state index in [0.717, 1.165) is 11.3 Å². The monoisotopic (exact) mass is 557 g/mol. The number of aromatic nitrogens is 1. The lowest BCUT2D eigenvalue weighted by molar-refractivity contribution is -0.139. The Kier molecular flexibility index (Phi) is 7.88. The molecule has 0 fully saturated rings. The Morgan fingerprint density at radius 1 is 1.18 bits per heavy atom. The van der Waals surface area contributed by atoms with Crippen LogP contribution in [0.15, 0.2) is 57.5 Å². The second-order valence-corrected chi connectivity index (χ2v) is 9.48. The third-order valence-electron chi connectivity index (χ3n) is 5.81. The summed E-state index contributed by atoms with van der Waals surface area (Å²) in [5.41, 5.74) is 1.21. The van der Waals surface area contributed by atoms with E-state index in [1.807, 2.05) is 0 Å². The van der Waals surface area contributed by atoms with Crippen molar-refractivity contribution in [2.24, 2.45) is 4.99 Å². The number of carbonyl (C=O) groups is 2. The van der Waals surface area contributed by atoms with Crippen LogP contribution in [0.3, 0.4) is 0 Å². The lowest BCUT2D eigenvalue weighted by Gasteiger charge is -2.25. The number of carboxylic acids is 1. The highest BCUT2D eigenvalue weighted by molar-refractivity contribution is 7.07. The van der Waals surface area contributed by atoms with Crippen LogP contribution in [0.1, 0.15) is 35.8 Å². The standard InChI is InChI=1S/C26H24ClN3O7S/c1-5-37-25(34)21-13(2)29-26-30(22(21)14-6-9-18(35-3)19(10-14)36-4)23(31)20(38-26)12-28-15-7-8-17(27)16(11-15)24(32)33/h6-12,22,28H,5H2,1-4H3,(H,32,33)/b20-12-/t22-/m1/s1. The zero-order valence-corrected chi connectivity index (χ0v) is 22.5. The number of thiazole rings is 1. The molecule has 12 heteroatoms. The molecule has 0 saturated heterocycles. The van der Waals surface area contributed by atoms with Gasteiger partial charge in [-0.3, -0.25) is 9.36 Å². The van der Waals surface area contributed by atoms with Crippen molar-refractivity contribution in [2.75, 3.05) is 26.1 Å². The summed E-state index contributed by atoms with van der Waals surface area (Å²) in [6.07, 6.45) is 1.47. The lowest BCUT2D eigenvalue weighted by Crippen LogP contribution is -2.40. The number of anilines is 1. The third-order valence-corrected chi connectivity index (χ3v) is 7.12. The molecule has 2 N–H and O–H groups in total. The maximum Gasteiger partial charge on any atom is 0.338 e. The van der Waals surface area contributed by atoms with Crippen molar-refractivity contribution in [3.05, 3.63) is 83.5 Å². The highest BCUT2D eigenvalue weighted by atomic mass is 35.5. The molecule has 2 aromatic carbocycles. The molecule has 10 nitrogen and oxygen atoms in total. The summed E-state index contributed by atoms with van der Waals surface area (Å²) >= 11 is 7.07. The minimum absolute atomic E-state index is 0.0744. The van der Waals surface area contributed by atoms with Gasteiger partial charge in [0.05, 0.1) is 48.7 Å². The Morgan fingerprint density at radius 3 is 2.58 bits per heavy atom. The molecule has 0 radical (unpaired) electrons. The molecular formula is C26H24ClN3O7S. The number of benzene rings is 2. The van der Waals surface area contributed by atoms with Crippen molar-refractivity contribution in [3.8, 4) is 11.5 Å². The van der Waals surface area contributed by atoms with Crippen molar-refractivity contribution >= 4 is 46.8 Å². The molecule has 0 spiro atoms. The number of esters is 1. The molecule has 198 valence electrons. The van der Waals surface area contributed by atoms with Crippen LogP contribution in [0, 0.1) is 0 Å². The van der Waals surface area contributed by atoms with E-state index in [2.05, 4.69) is 10.3 Å². The second kappa shape index (κ2) is 11.1. The number of hydrogen-bond acceptors (Lipinski definition) is 9. The van der Waals surface area contributed by atoms with Crippen molar-refractivity contribution in [1.82, 2.24) is 4.57 Å². The average Bonchev–Trinajstić information content (AvgIpc) is 3.21. The summed E-state index contributed by atoms with van der Waals surface area (Å²) in [5, 5.41) is 12.4. The van der Waals surface area contributed by atoms with Crippen LogP contribution in [0.5, 0.6) is 11.5 Å². The number of fused-ring (bicyclic) bond motifs is 1. The van der Waals surface area contributed by atoms with Crippen molar-refractivity contribution in [3.63, 3.8) is 0 Å². The smallest absolute Gasteiger partial charge is 0.338 e. The zero-order chi connectivity index (χ0) is 27.6. The van der Waals surface area contributed by atoms with Gasteiger partial charge in [-0.05, 0) is 49.7 Å². The van der Waals surface area contributed by atoms with Gasteiger partial charge in [-0.2, -0.15) is 0 Å². The van der Waals surface area contributed by atoms with Crippen LogP contribution in [0.4, 0.5) is 5.69 Å². The SMILES string of the molecule is CCOC(=O)C1=C(C)N=c2s/c(=C\Nc3ccc(Cl)c(C(=O)O)c3)c(=O)n2[C@@H]1c1ccc(OC)c(OC)c1. The molecule has 1 aliphatic rings. The topological polar surface area (TPSA) is 128 Å². The van der Waals surface area contributed by atoms with Gasteiger partial charge in [0.2, 0.25) is 0 Å². The van der Waals surface area contributed by atoms with Gasteiger partial charge < -0.3 is 24.6 Å². The molecule has 0 amide bonds. The minimum atomic E-state index is -1.17. The molecule has 0 aliphatic carbocycles. The molecular weight excluding hydrogens is 534 g/mol. The summed E-state index contributed by atoms with van der Waals surface area (Å²) < 4.78 is 17.8. The van der Waals surface area contributed by atoms with E-state index in [1.165, 1.54) is 37.1 Å². The van der Waals surface area contributed by atoms with Crippen molar-refractivity contribution in [2.45, 2.75) is 19.9 Å². The second-order valence-electron chi connectivity index (χ2n) is 8.06. The van der Waals surface area contributed by atoms with Crippen LogP contribution >= 0.6 is 22.9 Å². The van der Waals surface area contributed by atoms with E-state index in [0.29, 0.717) is 37.8 Å². The predicted octanol–water partition coefficient (Wildman–Crippen LogP) is 3.19. The Bertz CT molecular complexity index is 1640. The number of methoxy groups -OCH3 is 2. The van der Waals surface area contributed by atoms with Crippen LogP contribution in [0.2, 0.25) is 5.02 Å². The van der Waals surface area contributed by atoms with Crippen molar-refractivity contribution < 1.29 is 28.9 Å². The molecule has 1 aliphatic heterocycles. The highest BCUT2D eigenvalue weighted by Crippen LogP contribution is 2.36. The normalized spacial score (nSPS) is 15.0. The van der Waals surface area contributed by atoms with Crippen LogP contribution in [0.25, 0.3) is 6.20 Å². The summed E-state index contributed by atoms with van der Waals surface area (Å²) in [4.78, 5) is 43.0. The number of ether oxygens (including phenoxy) is 3. The van der Waals surface area contributed by atoms with Crippen molar-refractivity contribution in [1.29, 1.82) is 0 Å². The molecule has 1 atom stereocenters. The van der Waals surface area contributed by atoms with Gasteiger partial charge in [-0.15, -0.1) is 0 Å². The molecule has 0 bridgehead atoms. The summed E-state index contributed by atoms with van der Waals surface area (Å²) in [5.74, 6) is -0.822. The highest BCUT2D eigenvalue weighted by Gasteiger charge is 2.34. The fourth-order valence-electron chi connectivity index (χ4n) is 4.06. The zero-order valence-electron chi connectivity index (χ0n) is 20.9. The van der Waals surface area contributed by atoms with Gasteiger partial charge in [0.15, 0.2) is 16.3 Å². The molecule has 3 aromatic rings. The molecule has 0 unspecified atom stereocenters. The minimum Gasteiger partial charge on any atom is -0.493 e.